The standard InChI is InChI=1S/C18H17BrN2O4S/c1-13-4-6-14(7-5-13)21(11-3-10-20)26(23,24)15-8-9-17(19)16(12-15)18(22)25-2/h4-9,12H,3,11H2,1-2H3. The van der Waals surface area contributed by atoms with E-state index in [2.05, 4.69) is 20.7 Å². The number of esters is 1. The third-order valence-corrected chi connectivity index (χ3v) is 6.19. The number of carbonyl (C=O) groups is 1. The fraction of sp³-hybridized carbons (Fsp3) is 0.222. The number of rotatable bonds is 6. The first-order valence-corrected chi connectivity index (χ1v) is 9.88. The Bertz CT molecular complexity index is 950. The monoisotopic (exact) mass is 436 g/mol. The number of methoxy groups -OCH3 is 1. The lowest BCUT2D eigenvalue weighted by Gasteiger charge is -2.24. The highest BCUT2D eigenvalue weighted by molar-refractivity contribution is 9.10. The van der Waals surface area contributed by atoms with E-state index < -0.39 is 16.0 Å². The minimum atomic E-state index is -3.97. The van der Waals surface area contributed by atoms with Crippen molar-refractivity contribution in [2.45, 2.75) is 18.2 Å². The quantitative estimate of drug-likeness (QED) is 0.644. The van der Waals surface area contributed by atoms with Gasteiger partial charge in [0.2, 0.25) is 0 Å². The van der Waals surface area contributed by atoms with Crippen LogP contribution in [0.4, 0.5) is 5.69 Å². The van der Waals surface area contributed by atoms with Gasteiger partial charge in [0, 0.05) is 11.0 Å². The number of anilines is 1. The minimum Gasteiger partial charge on any atom is -0.465 e. The summed E-state index contributed by atoms with van der Waals surface area (Å²) in [5, 5.41) is 8.89. The number of benzene rings is 2. The number of aryl methyl sites for hydroxylation is 1. The lowest BCUT2D eigenvalue weighted by atomic mass is 10.2. The van der Waals surface area contributed by atoms with E-state index in [0.29, 0.717) is 10.2 Å². The molecule has 0 heterocycles. The van der Waals surface area contributed by atoms with Gasteiger partial charge in [-0.25, -0.2) is 13.2 Å². The SMILES string of the molecule is COC(=O)c1cc(S(=O)(=O)N(CCC#N)c2ccc(C)cc2)ccc1Br. The molecular weight excluding hydrogens is 420 g/mol. The second-order valence-corrected chi connectivity index (χ2v) is 8.17. The largest absolute Gasteiger partial charge is 0.465 e. The van der Waals surface area contributed by atoms with Gasteiger partial charge >= 0.3 is 5.97 Å². The van der Waals surface area contributed by atoms with Gasteiger partial charge in [-0.15, -0.1) is 0 Å². The second-order valence-electron chi connectivity index (χ2n) is 5.45. The van der Waals surface area contributed by atoms with Gasteiger partial charge in [-0.2, -0.15) is 5.26 Å². The topological polar surface area (TPSA) is 87.5 Å². The van der Waals surface area contributed by atoms with Crippen molar-refractivity contribution in [3.63, 3.8) is 0 Å². The molecule has 0 bridgehead atoms. The summed E-state index contributed by atoms with van der Waals surface area (Å²) in [6.45, 7) is 1.90. The van der Waals surface area contributed by atoms with Crippen LogP contribution in [0, 0.1) is 18.3 Å². The van der Waals surface area contributed by atoms with E-state index in [1.54, 1.807) is 24.3 Å². The molecule has 0 saturated carbocycles. The van der Waals surface area contributed by atoms with Gasteiger partial charge in [0.1, 0.15) is 0 Å². The first kappa shape index (κ1) is 19.9. The number of hydrogen-bond acceptors (Lipinski definition) is 5. The molecule has 2 aromatic carbocycles. The first-order valence-electron chi connectivity index (χ1n) is 7.65. The van der Waals surface area contributed by atoms with Gasteiger partial charge < -0.3 is 4.74 Å². The molecule has 0 amide bonds. The number of carbonyl (C=O) groups excluding carboxylic acids is 1. The van der Waals surface area contributed by atoms with Crippen LogP contribution in [-0.4, -0.2) is 28.0 Å². The number of nitriles is 1. The molecule has 0 aliphatic heterocycles. The third kappa shape index (κ3) is 4.23. The summed E-state index contributed by atoms with van der Waals surface area (Å²) in [5.41, 5.74) is 1.55. The van der Waals surface area contributed by atoms with Crippen LogP contribution < -0.4 is 4.31 Å². The van der Waals surface area contributed by atoms with Crippen molar-refractivity contribution >= 4 is 37.6 Å². The summed E-state index contributed by atoms with van der Waals surface area (Å²) in [6.07, 6.45) is 0.0352. The average molecular weight is 437 g/mol. The summed E-state index contributed by atoms with van der Waals surface area (Å²) in [7, 11) is -2.74. The Morgan fingerprint density at radius 2 is 1.88 bits per heavy atom. The van der Waals surface area contributed by atoms with Gasteiger partial charge in [-0.1, -0.05) is 17.7 Å². The van der Waals surface area contributed by atoms with Crippen molar-refractivity contribution in [3.05, 3.63) is 58.1 Å². The van der Waals surface area contributed by atoms with E-state index in [0.717, 1.165) is 5.56 Å². The van der Waals surface area contributed by atoms with Crippen molar-refractivity contribution in [3.8, 4) is 6.07 Å². The third-order valence-electron chi connectivity index (χ3n) is 3.68. The maximum Gasteiger partial charge on any atom is 0.339 e. The molecule has 26 heavy (non-hydrogen) atoms. The smallest absolute Gasteiger partial charge is 0.339 e. The zero-order chi connectivity index (χ0) is 19.3. The Labute approximate surface area is 161 Å². The molecule has 6 nitrogen and oxygen atoms in total. The average Bonchev–Trinajstić information content (AvgIpc) is 2.63. The molecule has 0 aliphatic carbocycles. The Kier molecular flexibility index (Phi) is 6.40. The van der Waals surface area contributed by atoms with Crippen LogP contribution in [0.5, 0.6) is 0 Å². The highest BCUT2D eigenvalue weighted by Gasteiger charge is 2.26. The van der Waals surface area contributed by atoms with Crippen molar-refractivity contribution < 1.29 is 17.9 Å². The maximum absolute atomic E-state index is 13.1. The summed E-state index contributed by atoms with van der Waals surface area (Å²) in [5.74, 6) is -0.646. The van der Waals surface area contributed by atoms with Crippen molar-refractivity contribution in [2.24, 2.45) is 0 Å². The van der Waals surface area contributed by atoms with Crippen molar-refractivity contribution in [1.29, 1.82) is 5.26 Å². The second kappa shape index (κ2) is 8.34. The van der Waals surface area contributed by atoms with Crippen LogP contribution in [0.1, 0.15) is 22.3 Å². The molecule has 0 radical (unpaired) electrons. The molecule has 136 valence electrons. The molecule has 0 saturated heterocycles. The van der Waals surface area contributed by atoms with E-state index >= 15 is 0 Å². The van der Waals surface area contributed by atoms with Crippen molar-refractivity contribution in [1.82, 2.24) is 0 Å². The summed E-state index contributed by atoms with van der Waals surface area (Å²) in [4.78, 5) is 11.8. The molecule has 2 rings (SSSR count). The normalized spacial score (nSPS) is 10.8. The van der Waals surface area contributed by atoms with Gasteiger partial charge in [0.15, 0.2) is 0 Å². The van der Waals surface area contributed by atoms with E-state index in [1.165, 1.54) is 29.6 Å². The van der Waals surface area contributed by atoms with Crippen LogP contribution in [-0.2, 0) is 14.8 Å². The Morgan fingerprint density at radius 3 is 2.46 bits per heavy atom. The number of halogens is 1. The fourth-order valence-electron chi connectivity index (χ4n) is 2.31. The van der Waals surface area contributed by atoms with Crippen LogP contribution >= 0.6 is 15.9 Å². The Hall–Kier alpha value is -2.37. The molecule has 0 N–H and O–H groups in total. The highest BCUT2D eigenvalue weighted by atomic mass is 79.9. The molecule has 0 unspecified atom stereocenters. The number of sulfonamides is 1. The molecule has 8 heteroatoms. The number of hydrogen-bond donors (Lipinski definition) is 0. The first-order chi connectivity index (χ1) is 12.3. The summed E-state index contributed by atoms with van der Waals surface area (Å²) in [6, 6.07) is 13.1. The fourth-order valence-corrected chi connectivity index (χ4v) is 4.21. The molecule has 0 atom stereocenters. The van der Waals surface area contributed by atoms with Crippen LogP contribution in [0.2, 0.25) is 0 Å². The van der Waals surface area contributed by atoms with E-state index in [9.17, 15) is 13.2 Å². The lowest BCUT2D eigenvalue weighted by Crippen LogP contribution is -2.32. The molecule has 0 aliphatic rings. The predicted molar refractivity (Wildman–Crippen MR) is 101 cm³/mol. The Balaban J connectivity index is 2.55. The van der Waals surface area contributed by atoms with Crippen LogP contribution in [0.3, 0.4) is 0 Å². The minimum absolute atomic E-state index is 0.00547. The lowest BCUT2D eigenvalue weighted by molar-refractivity contribution is 0.0599. The molecule has 2 aromatic rings. The van der Waals surface area contributed by atoms with E-state index in [-0.39, 0.29) is 23.4 Å². The van der Waals surface area contributed by atoms with Gasteiger partial charge in [0.25, 0.3) is 10.0 Å². The van der Waals surface area contributed by atoms with Gasteiger partial charge in [0.05, 0.1) is 35.7 Å². The van der Waals surface area contributed by atoms with Crippen LogP contribution in [0.25, 0.3) is 0 Å². The zero-order valence-electron chi connectivity index (χ0n) is 14.3. The van der Waals surface area contributed by atoms with E-state index in [4.69, 9.17) is 5.26 Å². The van der Waals surface area contributed by atoms with Gasteiger partial charge in [-0.05, 0) is 53.2 Å². The maximum atomic E-state index is 13.1. The molecular formula is C18H17BrN2O4S. The van der Waals surface area contributed by atoms with E-state index in [1.807, 2.05) is 13.0 Å². The number of nitrogens with zero attached hydrogens (tertiary/aromatic N) is 2. The zero-order valence-corrected chi connectivity index (χ0v) is 16.7. The van der Waals surface area contributed by atoms with Crippen LogP contribution in [0.15, 0.2) is 51.8 Å². The Morgan fingerprint density at radius 1 is 1.23 bits per heavy atom. The molecule has 0 fully saturated rings. The van der Waals surface area contributed by atoms with Crippen molar-refractivity contribution in [2.75, 3.05) is 18.0 Å². The molecule has 0 spiro atoms. The predicted octanol–water partition coefficient (Wildman–Crippen LogP) is 3.65. The summed E-state index contributed by atoms with van der Waals surface area (Å²) >= 11 is 3.22. The highest BCUT2D eigenvalue weighted by Crippen LogP contribution is 2.27. The summed E-state index contributed by atoms with van der Waals surface area (Å²) < 4.78 is 32.6. The van der Waals surface area contributed by atoms with Gasteiger partial charge in [-0.3, -0.25) is 4.31 Å². The molecule has 0 aromatic heterocycles. The number of ether oxygens (including phenoxy) is 1.